The Hall–Kier alpha value is -1.88. The van der Waals surface area contributed by atoms with Crippen LogP contribution >= 0.6 is 0 Å². The average molecular weight is 398 g/mol. The molecule has 3 aliphatic rings. The minimum Gasteiger partial charge on any atom is -0.352 e. The largest absolute Gasteiger partial charge is 0.352 e. The Balaban J connectivity index is 1.21. The number of nitrogens with one attached hydrogen (secondary N) is 1. The van der Waals surface area contributed by atoms with Gasteiger partial charge < -0.3 is 10.2 Å². The summed E-state index contributed by atoms with van der Waals surface area (Å²) in [5.41, 5.74) is 1.41. The highest BCUT2D eigenvalue weighted by atomic mass is 16.2. The van der Waals surface area contributed by atoms with E-state index in [1.807, 2.05) is 7.05 Å². The molecule has 2 saturated heterocycles. The number of carbonyl (C=O) groups excluding carboxylic acids is 2. The van der Waals surface area contributed by atoms with E-state index in [1.54, 1.807) is 0 Å². The first kappa shape index (κ1) is 20.4. The lowest BCUT2D eigenvalue weighted by Crippen LogP contribution is -2.48. The van der Waals surface area contributed by atoms with Crippen molar-refractivity contribution in [1.82, 2.24) is 15.1 Å². The summed E-state index contributed by atoms with van der Waals surface area (Å²) in [6.07, 6.45) is 7.88. The molecule has 2 aliphatic heterocycles. The predicted octanol–water partition coefficient (Wildman–Crippen LogP) is 3.16. The molecule has 29 heavy (non-hydrogen) atoms. The summed E-state index contributed by atoms with van der Waals surface area (Å²) in [6.45, 7) is 2.77. The number of benzene rings is 1. The van der Waals surface area contributed by atoms with Gasteiger partial charge in [0.05, 0.1) is 6.04 Å². The SMILES string of the molecule is CN1CCC[C@H]1C(=O)NC1CCC(C(=O)N2CCC(c3ccccc3)CC2)CC1. The van der Waals surface area contributed by atoms with E-state index in [4.69, 9.17) is 0 Å². The monoisotopic (exact) mass is 397 g/mol. The highest BCUT2D eigenvalue weighted by Crippen LogP contribution is 2.31. The van der Waals surface area contributed by atoms with E-state index in [1.165, 1.54) is 5.56 Å². The summed E-state index contributed by atoms with van der Waals surface area (Å²) in [4.78, 5) is 29.8. The zero-order valence-electron chi connectivity index (χ0n) is 17.7. The molecular weight excluding hydrogens is 362 g/mol. The van der Waals surface area contributed by atoms with Crippen LogP contribution in [0, 0.1) is 5.92 Å². The van der Waals surface area contributed by atoms with Gasteiger partial charge in [0.15, 0.2) is 0 Å². The third-order valence-corrected chi connectivity index (χ3v) is 7.32. The van der Waals surface area contributed by atoms with Crippen LogP contribution in [0.4, 0.5) is 0 Å². The van der Waals surface area contributed by atoms with Crippen LogP contribution in [0.25, 0.3) is 0 Å². The second-order valence-electron chi connectivity index (χ2n) is 9.21. The molecule has 0 radical (unpaired) electrons. The molecule has 0 aromatic heterocycles. The van der Waals surface area contributed by atoms with E-state index >= 15 is 0 Å². The van der Waals surface area contributed by atoms with Crippen LogP contribution in [0.1, 0.15) is 62.8 Å². The molecule has 1 saturated carbocycles. The van der Waals surface area contributed by atoms with Gasteiger partial charge in [-0.1, -0.05) is 30.3 Å². The fourth-order valence-electron chi connectivity index (χ4n) is 5.44. The molecule has 2 amide bonds. The zero-order valence-corrected chi connectivity index (χ0v) is 17.7. The van der Waals surface area contributed by atoms with Crippen LogP contribution in [0.5, 0.6) is 0 Å². The van der Waals surface area contributed by atoms with Crippen LogP contribution < -0.4 is 5.32 Å². The summed E-state index contributed by atoms with van der Waals surface area (Å²) >= 11 is 0. The molecule has 1 atom stereocenters. The van der Waals surface area contributed by atoms with Crippen LogP contribution in [0.15, 0.2) is 30.3 Å². The molecule has 1 aromatic rings. The third-order valence-electron chi connectivity index (χ3n) is 7.32. The molecule has 158 valence electrons. The second kappa shape index (κ2) is 9.29. The molecule has 0 spiro atoms. The average Bonchev–Trinajstić information content (AvgIpc) is 3.20. The lowest BCUT2D eigenvalue weighted by atomic mass is 9.83. The Kier molecular flexibility index (Phi) is 6.53. The first-order chi connectivity index (χ1) is 14.1. The molecule has 1 aliphatic carbocycles. The third kappa shape index (κ3) is 4.82. The molecular formula is C24H35N3O2. The fraction of sp³-hybridized carbons (Fsp3) is 0.667. The minimum absolute atomic E-state index is 0.0419. The number of carbonyl (C=O) groups is 2. The first-order valence-corrected chi connectivity index (χ1v) is 11.5. The molecule has 4 rings (SSSR count). The van der Waals surface area contributed by atoms with Crippen molar-refractivity contribution in [3.05, 3.63) is 35.9 Å². The van der Waals surface area contributed by atoms with Gasteiger partial charge >= 0.3 is 0 Å². The molecule has 1 N–H and O–H groups in total. The lowest BCUT2D eigenvalue weighted by Gasteiger charge is -2.36. The van der Waals surface area contributed by atoms with E-state index in [0.717, 1.165) is 71.0 Å². The van der Waals surface area contributed by atoms with Crippen LogP contribution in [-0.4, -0.2) is 60.4 Å². The van der Waals surface area contributed by atoms with Gasteiger partial charge in [-0.3, -0.25) is 14.5 Å². The van der Waals surface area contributed by atoms with Crippen molar-refractivity contribution in [2.75, 3.05) is 26.7 Å². The van der Waals surface area contributed by atoms with Gasteiger partial charge in [0.25, 0.3) is 0 Å². The van der Waals surface area contributed by atoms with Crippen molar-refractivity contribution in [2.45, 2.75) is 69.4 Å². The quantitative estimate of drug-likeness (QED) is 0.849. The summed E-state index contributed by atoms with van der Waals surface area (Å²) in [5.74, 6) is 1.25. The molecule has 2 heterocycles. The Labute approximate surface area is 174 Å². The molecule has 1 aromatic carbocycles. The molecule has 5 heteroatoms. The smallest absolute Gasteiger partial charge is 0.237 e. The fourth-order valence-corrected chi connectivity index (χ4v) is 5.44. The topological polar surface area (TPSA) is 52.7 Å². The Bertz CT molecular complexity index is 691. The second-order valence-corrected chi connectivity index (χ2v) is 9.21. The summed E-state index contributed by atoms with van der Waals surface area (Å²) in [5, 5.41) is 3.25. The van der Waals surface area contributed by atoms with Crippen molar-refractivity contribution in [2.24, 2.45) is 5.92 Å². The van der Waals surface area contributed by atoms with Crippen LogP contribution in [0.3, 0.4) is 0 Å². The summed E-state index contributed by atoms with van der Waals surface area (Å²) < 4.78 is 0. The van der Waals surface area contributed by atoms with Crippen LogP contribution in [-0.2, 0) is 9.59 Å². The van der Waals surface area contributed by atoms with E-state index in [9.17, 15) is 9.59 Å². The van der Waals surface area contributed by atoms with Gasteiger partial charge in [0, 0.05) is 25.0 Å². The van der Waals surface area contributed by atoms with E-state index < -0.39 is 0 Å². The van der Waals surface area contributed by atoms with E-state index in [0.29, 0.717) is 11.8 Å². The molecule has 3 fully saturated rings. The van der Waals surface area contributed by atoms with Crippen molar-refractivity contribution >= 4 is 11.8 Å². The summed E-state index contributed by atoms with van der Waals surface area (Å²) in [7, 11) is 2.04. The number of likely N-dealkylation sites (N-methyl/N-ethyl adjacent to an activating group) is 1. The van der Waals surface area contributed by atoms with Gasteiger partial charge in [-0.2, -0.15) is 0 Å². The lowest BCUT2D eigenvalue weighted by molar-refractivity contribution is -0.137. The maximum atomic E-state index is 13.0. The van der Waals surface area contributed by atoms with Crippen molar-refractivity contribution < 1.29 is 9.59 Å². The number of likely N-dealkylation sites (tertiary alicyclic amines) is 2. The van der Waals surface area contributed by atoms with Crippen molar-refractivity contribution in [3.8, 4) is 0 Å². The van der Waals surface area contributed by atoms with Gasteiger partial charge in [-0.25, -0.2) is 0 Å². The first-order valence-electron chi connectivity index (χ1n) is 11.5. The number of nitrogens with zero attached hydrogens (tertiary/aromatic N) is 2. The number of piperidine rings is 1. The summed E-state index contributed by atoms with van der Waals surface area (Å²) in [6, 6.07) is 11.0. The normalized spacial score (nSPS) is 29.0. The molecule has 0 bridgehead atoms. The Morgan fingerprint density at radius 3 is 2.21 bits per heavy atom. The number of hydrogen-bond acceptors (Lipinski definition) is 3. The number of amides is 2. The van der Waals surface area contributed by atoms with E-state index in [-0.39, 0.29) is 23.9 Å². The zero-order chi connectivity index (χ0) is 20.2. The van der Waals surface area contributed by atoms with Crippen LogP contribution in [0.2, 0.25) is 0 Å². The van der Waals surface area contributed by atoms with Gasteiger partial charge in [0.1, 0.15) is 0 Å². The van der Waals surface area contributed by atoms with Gasteiger partial charge in [-0.05, 0) is 76.4 Å². The highest BCUT2D eigenvalue weighted by molar-refractivity contribution is 5.82. The standard InChI is InChI=1S/C24H35N3O2/c1-26-15-5-8-22(26)23(28)25-21-11-9-20(10-12-21)24(29)27-16-13-19(14-17-27)18-6-3-2-4-7-18/h2-4,6-7,19-22H,5,8-17H2,1H3,(H,25,28)/t20?,21?,22-/m0/s1. The molecule has 5 nitrogen and oxygen atoms in total. The maximum Gasteiger partial charge on any atom is 0.237 e. The van der Waals surface area contributed by atoms with Crippen molar-refractivity contribution in [1.29, 1.82) is 0 Å². The maximum absolute atomic E-state index is 13.0. The number of hydrogen-bond donors (Lipinski definition) is 1. The minimum atomic E-state index is 0.0419. The number of rotatable bonds is 4. The Morgan fingerprint density at radius 1 is 0.897 bits per heavy atom. The predicted molar refractivity (Wildman–Crippen MR) is 115 cm³/mol. The Morgan fingerprint density at radius 2 is 1.59 bits per heavy atom. The van der Waals surface area contributed by atoms with Gasteiger partial charge in [0.2, 0.25) is 11.8 Å². The molecule has 0 unspecified atom stereocenters. The van der Waals surface area contributed by atoms with E-state index in [2.05, 4.69) is 45.4 Å². The highest BCUT2D eigenvalue weighted by Gasteiger charge is 2.34. The van der Waals surface area contributed by atoms with Crippen molar-refractivity contribution in [3.63, 3.8) is 0 Å². The van der Waals surface area contributed by atoms with Gasteiger partial charge in [-0.15, -0.1) is 0 Å².